The second kappa shape index (κ2) is 7.65. The van der Waals surface area contributed by atoms with Crippen molar-refractivity contribution in [2.24, 2.45) is 0 Å². The number of rotatable bonds is 6. The molecule has 3 heteroatoms. The van der Waals surface area contributed by atoms with E-state index in [-0.39, 0.29) is 0 Å². The molecule has 0 bridgehead atoms. The van der Waals surface area contributed by atoms with Gasteiger partial charge in [0.15, 0.2) is 0 Å². The molecule has 17 heavy (non-hydrogen) atoms. The average molecular weight is 259 g/mol. The number of thioether (sulfide) groups is 1. The van der Waals surface area contributed by atoms with E-state index in [9.17, 15) is 5.11 Å². The maximum absolute atomic E-state index is 9.18. The van der Waals surface area contributed by atoms with Gasteiger partial charge in [-0.1, -0.05) is 40.0 Å². The Kier molecular flexibility index (Phi) is 6.90. The van der Waals surface area contributed by atoms with Gasteiger partial charge in [0, 0.05) is 29.6 Å². The topological polar surface area (TPSA) is 23.5 Å². The van der Waals surface area contributed by atoms with E-state index in [1.54, 1.807) is 0 Å². The van der Waals surface area contributed by atoms with Crippen LogP contribution in [-0.2, 0) is 0 Å². The highest BCUT2D eigenvalue weighted by Crippen LogP contribution is 2.25. The predicted molar refractivity (Wildman–Crippen MR) is 77.7 cm³/mol. The highest BCUT2D eigenvalue weighted by Gasteiger charge is 2.21. The van der Waals surface area contributed by atoms with Crippen molar-refractivity contribution in [1.29, 1.82) is 0 Å². The third-order valence-corrected chi connectivity index (χ3v) is 4.64. The molecule has 0 aromatic carbocycles. The van der Waals surface area contributed by atoms with Crippen LogP contribution in [0.5, 0.6) is 0 Å². The summed E-state index contributed by atoms with van der Waals surface area (Å²) < 4.78 is 0.359. The second-order valence-electron chi connectivity index (χ2n) is 6.01. The van der Waals surface area contributed by atoms with E-state index in [4.69, 9.17) is 0 Å². The Hall–Kier alpha value is 0.270. The summed E-state index contributed by atoms with van der Waals surface area (Å²) in [6, 6.07) is 0.733. The summed E-state index contributed by atoms with van der Waals surface area (Å²) in [6.45, 7) is 9.11. The van der Waals surface area contributed by atoms with Gasteiger partial charge in [-0.05, 0) is 12.8 Å². The van der Waals surface area contributed by atoms with Gasteiger partial charge in [0.25, 0.3) is 0 Å². The first-order valence-electron chi connectivity index (χ1n) is 7.02. The van der Waals surface area contributed by atoms with Crippen LogP contribution in [0.4, 0.5) is 0 Å². The number of hydrogen-bond acceptors (Lipinski definition) is 3. The number of hydrogen-bond donors (Lipinski definition) is 1. The summed E-state index contributed by atoms with van der Waals surface area (Å²) in [4.78, 5) is 2.51. The molecular weight excluding hydrogens is 230 g/mol. The van der Waals surface area contributed by atoms with Crippen LogP contribution in [0.2, 0.25) is 0 Å². The normalized spacial score (nSPS) is 18.9. The van der Waals surface area contributed by atoms with Crippen LogP contribution in [0, 0.1) is 0 Å². The van der Waals surface area contributed by atoms with Crippen molar-refractivity contribution in [3.05, 3.63) is 0 Å². The molecule has 0 atom stereocenters. The van der Waals surface area contributed by atoms with Crippen LogP contribution in [0.25, 0.3) is 0 Å². The van der Waals surface area contributed by atoms with Gasteiger partial charge in [-0.25, -0.2) is 0 Å². The van der Waals surface area contributed by atoms with Gasteiger partial charge in [0.05, 0.1) is 6.61 Å². The van der Waals surface area contributed by atoms with Crippen molar-refractivity contribution in [3.63, 3.8) is 0 Å². The molecule has 102 valence electrons. The van der Waals surface area contributed by atoms with E-state index in [0.717, 1.165) is 19.1 Å². The van der Waals surface area contributed by atoms with E-state index in [2.05, 4.69) is 25.7 Å². The van der Waals surface area contributed by atoms with Gasteiger partial charge in [-0.15, -0.1) is 0 Å². The molecule has 0 radical (unpaired) electrons. The Balaban J connectivity index is 2.31. The maximum atomic E-state index is 9.18. The van der Waals surface area contributed by atoms with Crippen LogP contribution in [0.1, 0.15) is 52.9 Å². The van der Waals surface area contributed by atoms with Crippen LogP contribution < -0.4 is 0 Å². The van der Waals surface area contributed by atoms with E-state index in [1.165, 1.54) is 37.9 Å². The zero-order valence-electron chi connectivity index (χ0n) is 11.7. The molecule has 2 nitrogen and oxygen atoms in total. The zero-order chi connectivity index (χ0) is 12.7. The first-order chi connectivity index (χ1) is 8.03. The lowest BCUT2D eigenvalue weighted by atomic mass is 9.94. The van der Waals surface area contributed by atoms with Gasteiger partial charge in [0.1, 0.15) is 0 Å². The van der Waals surface area contributed by atoms with Crippen molar-refractivity contribution in [3.8, 4) is 0 Å². The SMILES string of the molecule is CC(C)(C)SCCN(CCO)C1CCCCC1. The third kappa shape index (κ3) is 6.68. The zero-order valence-corrected chi connectivity index (χ0v) is 12.6. The van der Waals surface area contributed by atoms with Crippen molar-refractivity contribution in [1.82, 2.24) is 4.90 Å². The van der Waals surface area contributed by atoms with Crippen LogP contribution in [0.15, 0.2) is 0 Å². The fraction of sp³-hybridized carbons (Fsp3) is 1.00. The van der Waals surface area contributed by atoms with Gasteiger partial charge in [-0.3, -0.25) is 4.90 Å². The smallest absolute Gasteiger partial charge is 0.0558 e. The Labute approximate surface area is 111 Å². The molecule has 1 aliphatic carbocycles. The molecule has 1 rings (SSSR count). The fourth-order valence-corrected chi connectivity index (χ4v) is 3.46. The molecule has 0 unspecified atom stereocenters. The minimum Gasteiger partial charge on any atom is -0.395 e. The summed E-state index contributed by atoms with van der Waals surface area (Å²) in [7, 11) is 0. The van der Waals surface area contributed by atoms with Gasteiger partial charge < -0.3 is 5.11 Å². The van der Waals surface area contributed by atoms with Crippen molar-refractivity contribution in [2.45, 2.75) is 63.7 Å². The third-order valence-electron chi connectivity index (χ3n) is 3.39. The Morgan fingerprint density at radius 3 is 2.29 bits per heavy atom. The minimum atomic E-state index is 0.302. The molecule has 1 fully saturated rings. The lowest BCUT2D eigenvalue weighted by Gasteiger charge is -2.34. The summed E-state index contributed by atoms with van der Waals surface area (Å²) in [5.74, 6) is 1.18. The summed E-state index contributed by atoms with van der Waals surface area (Å²) in [5, 5.41) is 9.18. The van der Waals surface area contributed by atoms with Crippen LogP contribution in [0.3, 0.4) is 0 Å². The molecular formula is C14H29NOS. The van der Waals surface area contributed by atoms with Gasteiger partial charge in [-0.2, -0.15) is 11.8 Å². The minimum absolute atomic E-state index is 0.302. The number of aliphatic hydroxyl groups excluding tert-OH is 1. The Morgan fingerprint density at radius 2 is 1.76 bits per heavy atom. The fourth-order valence-electron chi connectivity index (χ4n) is 2.52. The van der Waals surface area contributed by atoms with Crippen LogP contribution in [-0.4, -0.2) is 46.2 Å². The molecule has 0 aliphatic heterocycles. The standard InChI is InChI=1S/C14H29NOS/c1-14(2,3)17-12-10-15(9-11-16)13-7-5-4-6-8-13/h13,16H,4-12H2,1-3H3. The van der Waals surface area contributed by atoms with E-state index < -0.39 is 0 Å². The lowest BCUT2D eigenvalue weighted by molar-refractivity contribution is 0.131. The van der Waals surface area contributed by atoms with Gasteiger partial charge in [0.2, 0.25) is 0 Å². The molecule has 0 amide bonds. The molecule has 0 spiro atoms. The molecule has 0 aromatic rings. The number of aliphatic hydroxyl groups is 1. The lowest BCUT2D eigenvalue weighted by Crippen LogP contribution is -2.40. The average Bonchev–Trinajstić information content (AvgIpc) is 2.27. The maximum Gasteiger partial charge on any atom is 0.0558 e. The molecule has 0 heterocycles. The Morgan fingerprint density at radius 1 is 1.12 bits per heavy atom. The summed E-state index contributed by atoms with van der Waals surface area (Å²) in [5.41, 5.74) is 0. The monoisotopic (exact) mass is 259 g/mol. The van der Waals surface area contributed by atoms with E-state index in [1.807, 2.05) is 11.8 Å². The second-order valence-corrected chi connectivity index (χ2v) is 7.93. The van der Waals surface area contributed by atoms with Crippen LogP contribution >= 0.6 is 11.8 Å². The largest absolute Gasteiger partial charge is 0.395 e. The molecule has 1 N–H and O–H groups in total. The molecule has 0 aromatic heterocycles. The molecule has 1 saturated carbocycles. The first kappa shape index (κ1) is 15.3. The van der Waals surface area contributed by atoms with E-state index in [0.29, 0.717) is 11.4 Å². The summed E-state index contributed by atoms with van der Waals surface area (Å²) in [6.07, 6.45) is 6.82. The first-order valence-corrected chi connectivity index (χ1v) is 8.00. The highest BCUT2D eigenvalue weighted by molar-refractivity contribution is 8.00. The van der Waals surface area contributed by atoms with Crippen molar-refractivity contribution < 1.29 is 5.11 Å². The molecule has 0 saturated heterocycles. The predicted octanol–water partition coefficient (Wildman–Crippen LogP) is 3.15. The summed E-state index contributed by atoms with van der Waals surface area (Å²) >= 11 is 2.03. The number of nitrogens with zero attached hydrogens (tertiary/aromatic N) is 1. The van der Waals surface area contributed by atoms with Crippen molar-refractivity contribution in [2.75, 3.05) is 25.4 Å². The van der Waals surface area contributed by atoms with E-state index >= 15 is 0 Å². The van der Waals surface area contributed by atoms with Gasteiger partial charge >= 0.3 is 0 Å². The molecule has 1 aliphatic rings. The quantitative estimate of drug-likeness (QED) is 0.792. The Bertz CT molecular complexity index is 197. The highest BCUT2D eigenvalue weighted by atomic mass is 32.2. The van der Waals surface area contributed by atoms with Crippen molar-refractivity contribution >= 4 is 11.8 Å².